The normalized spacial score (nSPS) is 11.1. The molecule has 0 saturated heterocycles. The van der Waals surface area contributed by atoms with Crippen molar-refractivity contribution in [1.29, 1.82) is 0 Å². The fourth-order valence-electron chi connectivity index (χ4n) is 2.25. The van der Waals surface area contributed by atoms with E-state index in [1.165, 1.54) is 0 Å². The fraction of sp³-hybridized carbons (Fsp3) is 0. The summed E-state index contributed by atoms with van der Waals surface area (Å²) < 4.78 is 12.8. The third-order valence-corrected chi connectivity index (χ3v) is 4.87. The number of hydrogen-bond donors (Lipinski definition) is 1. The highest BCUT2D eigenvalue weighted by Crippen LogP contribution is 2.30. The van der Waals surface area contributed by atoms with Crippen molar-refractivity contribution in [1.82, 2.24) is 0 Å². The molecule has 1 N–H and O–H groups in total. The average Bonchev–Trinajstić information content (AvgIpc) is 2.56. The van der Waals surface area contributed by atoms with Gasteiger partial charge in [-0.05, 0) is 35.9 Å². The van der Waals surface area contributed by atoms with Crippen LogP contribution in [0.25, 0.3) is 11.1 Å². The predicted octanol–water partition coefficient (Wildman–Crippen LogP) is 3.84. The van der Waals surface area contributed by atoms with E-state index in [9.17, 15) is 9.67 Å². The van der Waals surface area contributed by atoms with Gasteiger partial charge in [-0.1, -0.05) is 53.1 Å². The van der Waals surface area contributed by atoms with Gasteiger partial charge in [-0.2, -0.15) is 0 Å². The Bertz CT molecular complexity index is 768. The molecule has 3 aromatic rings. The van der Waals surface area contributed by atoms with Gasteiger partial charge in [0.05, 0.1) is 0 Å². The largest absolute Gasteiger partial charge is 0.508 e. The van der Waals surface area contributed by atoms with Gasteiger partial charge in [0.25, 0.3) is 0 Å². The van der Waals surface area contributed by atoms with E-state index < -0.39 is 7.80 Å². The second kappa shape index (κ2) is 5.90. The summed E-state index contributed by atoms with van der Waals surface area (Å²) >= 11 is 0. The van der Waals surface area contributed by atoms with Gasteiger partial charge in [-0.25, -0.2) is 0 Å². The first kappa shape index (κ1) is 13.5. The molecule has 0 aliphatic carbocycles. The van der Waals surface area contributed by atoms with Gasteiger partial charge in [0.1, 0.15) is 5.75 Å². The zero-order chi connectivity index (χ0) is 14.7. The average molecular weight is 293 g/mol. The zero-order valence-electron chi connectivity index (χ0n) is 11.3. The highest BCUT2D eigenvalue weighted by Gasteiger charge is 2.27. The van der Waals surface area contributed by atoms with Crippen molar-refractivity contribution >= 4 is 18.4 Å². The lowest BCUT2D eigenvalue weighted by Gasteiger charge is -2.03. The Morgan fingerprint density at radius 2 is 1.38 bits per heavy atom. The van der Waals surface area contributed by atoms with Gasteiger partial charge in [0, 0.05) is 5.56 Å². The van der Waals surface area contributed by atoms with Crippen LogP contribution in [0.15, 0.2) is 78.9 Å². The molecule has 0 amide bonds. The number of rotatable bonds is 3. The van der Waals surface area contributed by atoms with Gasteiger partial charge in [0.2, 0.25) is 5.30 Å². The molecule has 0 heterocycles. The van der Waals surface area contributed by atoms with E-state index in [0.29, 0.717) is 0 Å². The van der Waals surface area contributed by atoms with Crippen LogP contribution in [0.2, 0.25) is 0 Å². The third-order valence-electron chi connectivity index (χ3n) is 3.27. The molecule has 3 aromatic carbocycles. The van der Waals surface area contributed by atoms with Crippen molar-refractivity contribution in [2.24, 2.45) is 0 Å². The molecule has 0 aliphatic rings. The smallest absolute Gasteiger partial charge is 0.415 e. The van der Waals surface area contributed by atoms with Crippen molar-refractivity contribution in [2.45, 2.75) is 0 Å². The van der Waals surface area contributed by atoms with Crippen LogP contribution < -0.4 is 10.6 Å². The summed E-state index contributed by atoms with van der Waals surface area (Å²) in [6.07, 6.45) is 0. The summed E-state index contributed by atoms with van der Waals surface area (Å²) in [6.45, 7) is 0. The van der Waals surface area contributed by atoms with Crippen molar-refractivity contribution in [3.8, 4) is 16.9 Å². The summed E-state index contributed by atoms with van der Waals surface area (Å²) in [4.78, 5) is 0. The Labute approximate surface area is 124 Å². The van der Waals surface area contributed by atoms with E-state index in [2.05, 4.69) is 0 Å². The molecule has 21 heavy (non-hydrogen) atoms. The number of benzene rings is 3. The molecule has 1 atom stereocenters. The summed E-state index contributed by atoms with van der Waals surface area (Å²) in [5.74, 6) is 0.175. The van der Waals surface area contributed by atoms with E-state index in [-0.39, 0.29) is 5.75 Å². The van der Waals surface area contributed by atoms with Crippen LogP contribution in [-0.4, -0.2) is 5.11 Å². The van der Waals surface area contributed by atoms with Crippen LogP contribution in [0.4, 0.5) is 0 Å². The van der Waals surface area contributed by atoms with Crippen LogP contribution in [0, 0.1) is 0 Å². The minimum Gasteiger partial charge on any atom is -0.508 e. The van der Waals surface area contributed by atoms with E-state index in [4.69, 9.17) is 0 Å². The van der Waals surface area contributed by atoms with Crippen LogP contribution in [0.3, 0.4) is 0 Å². The first-order chi connectivity index (χ1) is 10.3. The van der Waals surface area contributed by atoms with Crippen LogP contribution in [-0.2, 0) is 4.57 Å². The molecule has 3 heteroatoms. The second-order valence-corrected chi connectivity index (χ2v) is 6.28. The van der Waals surface area contributed by atoms with Gasteiger partial charge >= 0.3 is 7.80 Å². The number of phenols is 1. The summed E-state index contributed by atoms with van der Waals surface area (Å²) in [7, 11) is -1.69. The van der Waals surface area contributed by atoms with Crippen LogP contribution in [0.5, 0.6) is 5.75 Å². The molecule has 3 rings (SSSR count). The Hall–Kier alpha value is -2.44. The molecule has 2 nitrogen and oxygen atoms in total. The maximum Gasteiger partial charge on any atom is 0.415 e. The molecule has 0 bridgehead atoms. The molecule has 0 aromatic heterocycles. The van der Waals surface area contributed by atoms with E-state index in [1.54, 1.807) is 18.2 Å². The molecule has 0 radical (unpaired) electrons. The van der Waals surface area contributed by atoms with Crippen LogP contribution >= 0.6 is 7.80 Å². The lowest BCUT2D eigenvalue weighted by molar-refractivity contribution is 0.475. The van der Waals surface area contributed by atoms with Gasteiger partial charge in [-0.15, -0.1) is 0 Å². The first-order valence-electron chi connectivity index (χ1n) is 6.66. The fourth-order valence-corrected chi connectivity index (χ4v) is 3.60. The van der Waals surface area contributed by atoms with Crippen molar-refractivity contribution in [3.63, 3.8) is 0 Å². The molecule has 1 unspecified atom stereocenters. The monoisotopic (exact) mass is 293 g/mol. The lowest BCUT2D eigenvalue weighted by Crippen LogP contribution is -2.09. The zero-order valence-corrected chi connectivity index (χ0v) is 12.2. The second-order valence-electron chi connectivity index (χ2n) is 4.70. The maximum atomic E-state index is 12.8. The summed E-state index contributed by atoms with van der Waals surface area (Å²) in [6, 6.07) is 24.1. The van der Waals surface area contributed by atoms with Crippen molar-refractivity contribution in [2.75, 3.05) is 0 Å². The number of aromatic hydroxyl groups is 1. The highest BCUT2D eigenvalue weighted by atomic mass is 31.1. The first-order valence-corrected chi connectivity index (χ1v) is 7.92. The Morgan fingerprint density at radius 3 is 2.05 bits per heavy atom. The molecule has 0 saturated carbocycles. The minimum absolute atomic E-state index is 0.175. The van der Waals surface area contributed by atoms with Crippen LogP contribution in [0.1, 0.15) is 0 Å². The molecule has 0 aliphatic heterocycles. The number of hydrogen-bond acceptors (Lipinski definition) is 2. The Morgan fingerprint density at radius 1 is 0.762 bits per heavy atom. The standard InChI is InChI=1S/C18H13O2P/c19-15-11-12-18(21(20)16-9-5-2-6-10-16)17(13-15)14-7-3-1-4-8-14/h1-13H/p+1. The van der Waals surface area contributed by atoms with E-state index in [1.807, 2.05) is 60.7 Å². The number of phenolic OH excluding ortho intramolecular Hbond substituents is 1. The van der Waals surface area contributed by atoms with E-state index in [0.717, 1.165) is 21.7 Å². The quantitative estimate of drug-likeness (QED) is 0.745. The molecular weight excluding hydrogens is 279 g/mol. The predicted molar refractivity (Wildman–Crippen MR) is 86.9 cm³/mol. The lowest BCUT2D eigenvalue weighted by atomic mass is 10.1. The van der Waals surface area contributed by atoms with Gasteiger partial charge in [-0.3, -0.25) is 0 Å². The summed E-state index contributed by atoms with van der Waals surface area (Å²) in [5.41, 5.74) is 1.75. The van der Waals surface area contributed by atoms with Gasteiger partial charge < -0.3 is 5.11 Å². The Balaban J connectivity index is 2.14. The molecule has 0 spiro atoms. The summed E-state index contributed by atoms with van der Waals surface area (Å²) in [5, 5.41) is 11.3. The van der Waals surface area contributed by atoms with E-state index >= 15 is 0 Å². The topological polar surface area (TPSA) is 37.3 Å². The van der Waals surface area contributed by atoms with Gasteiger partial charge in [0.15, 0.2) is 5.30 Å². The SMILES string of the molecule is O=[P+](c1ccccc1)c1ccc(O)cc1-c1ccccc1. The third kappa shape index (κ3) is 2.86. The highest BCUT2D eigenvalue weighted by molar-refractivity contribution is 7.61. The molecular formula is C18H14O2P+. The minimum atomic E-state index is -1.69. The maximum absolute atomic E-state index is 12.8. The molecule has 102 valence electrons. The Kier molecular flexibility index (Phi) is 3.81. The molecule has 0 fully saturated rings. The van der Waals surface area contributed by atoms with Crippen molar-refractivity contribution in [3.05, 3.63) is 78.9 Å². The van der Waals surface area contributed by atoms with Crippen molar-refractivity contribution < 1.29 is 9.67 Å².